The fourth-order valence-electron chi connectivity index (χ4n) is 2.74. The molecule has 0 fully saturated rings. The Morgan fingerprint density at radius 2 is 1.75 bits per heavy atom. The van der Waals surface area contributed by atoms with Gasteiger partial charge in [-0.2, -0.15) is 0 Å². The summed E-state index contributed by atoms with van der Waals surface area (Å²) in [4.78, 5) is 23.8. The second kappa shape index (κ2) is 8.78. The van der Waals surface area contributed by atoms with Crippen LogP contribution in [-0.2, 0) is 16.0 Å². The summed E-state index contributed by atoms with van der Waals surface area (Å²) in [6.07, 6.45) is -0.496. The van der Waals surface area contributed by atoms with Crippen molar-refractivity contribution in [2.45, 2.75) is 39.8 Å². The van der Waals surface area contributed by atoms with Gasteiger partial charge in [-0.1, -0.05) is 12.1 Å². The maximum absolute atomic E-state index is 12.0. The van der Waals surface area contributed by atoms with Crippen LogP contribution in [0.25, 0.3) is 11.1 Å². The number of carbonyl (C=O) groups excluding carboxylic acids is 2. The van der Waals surface area contributed by atoms with Gasteiger partial charge >= 0.3 is 12.1 Å². The Kier molecular flexibility index (Phi) is 6.67. The zero-order valence-corrected chi connectivity index (χ0v) is 17.2. The molecule has 0 radical (unpaired) electrons. The molecule has 0 heterocycles. The first-order valence-corrected chi connectivity index (χ1v) is 8.97. The smallest absolute Gasteiger partial charge is 0.407 e. The number of esters is 1. The minimum Gasteiger partial charge on any atom is -0.496 e. The summed E-state index contributed by atoms with van der Waals surface area (Å²) in [5, 5.41) is 2.75. The van der Waals surface area contributed by atoms with Gasteiger partial charge in [0.25, 0.3) is 0 Å². The molecule has 0 aromatic heterocycles. The largest absolute Gasteiger partial charge is 0.496 e. The van der Waals surface area contributed by atoms with Crippen molar-refractivity contribution in [1.29, 1.82) is 0 Å². The van der Waals surface area contributed by atoms with Crippen LogP contribution in [0.15, 0.2) is 36.4 Å². The lowest BCUT2D eigenvalue weighted by atomic mass is 9.96. The van der Waals surface area contributed by atoms with Gasteiger partial charge in [0, 0.05) is 12.1 Å². The predicted molar refractivity (Wildman–Crippen MR) is 108 cm³/mol. The number of hydrogen-bond donors (Lipinski definition) is 1. The van der Waals surface area contributed by atoms with Gasteiger partial charge in [-0.3, -0.25) is 0 Å². The molecule has 0 unspecified atom stereocenters. The summed E-state index contributed by atoms with van der Waals surface area (Å²) in [6, 6.07) is 11.1. The predicted octanol–water partition coefficient (Wildman–Crippen LogP) is 4.48. The van der Waals surface area contributed by atoms with Gasteiger partial charge in [0.05, 0.1) is 19.8 Å². The minimum atomic E-state index is -0.568. The summed E-state index contributed by atoms with van der Waals surface area (Å²) < 4.78 is 15.5. The van der Waals surface area contributed by atoms with E-state index in [1.165, 1.54) is 7.11 Å². The summed E-state index contributed by atoms with van der Waals surface area (Å²) in [5.74, 6) is 0.267. The van der Waals surface area contributed by atoms with Crippen molar-refractivity contribution >= 4 is 12.1 Å². The van der Waals surface area contributed by atoms with Crippen LogP contribution in [0.1, 0.15) is 42.3 Å². The van der Waals surface area contributed by atoms with Crippen LogP contribution in [0, 0.1) is 6.92 Å². The Bertz CT molecular complexity index is 868. The van der Waals surface area contributed by atoms with E-state index in [1.54, 1.807) is 19.2 Å². The molecule has 0 aliphatic heterocycles. The maximum Gasteiger partial charge on any atom is 0.407 e. The summed E-state index contributed by atoms with van der Waals surface area (Å²) in [5.41, 5.74) is 3.54. The summed E-state index contributed by atoms with van der Waals surface area (Å²) in [6.45, 7) is 7.65. The Balaban J connectivity index is 2.32. The van der Waals surface area contributed by atoms with Crippen LogP contribution in [0.3, 0.4) is 0 Å². The van der Waals surface area contributed by atoms with E-state index in [9.17, 15) is 9.59 Å². The minimum absolute atomic E-state index is 0.252. The molecule has 0 saturated heterocycles. The number of ether oxygens (including phenoxy) is 3. The van der Waals surface area contributed by atoms with Crippen LogP contribution < -0.4 is 10.1 Å². The number of alkyl carbamates (subject to hydrolysis) is 1. The molecular weight excluding hydrogens is 358 g/mol. The first-order valence-electron chi connectivity index (χ1n) is 8.97. The lowest BCUT2D eigenvalue weighted by Crippen LogP contribution is -2.32. The molecule has 1 amide bonds. The van der Waals surface area contributed by atoms with Crippen molar-refractivity contribution in [3.8, 4) is 16.9 Å². The van der Waals surface area contributed by atoms with Gasteiger partial charge < -0.3 is 19.5 Å². The molecule has 2 rings (SSSR count). The normalized spacial score (nSPS) is 10.9. The first kappa shape index (κ1) is 21.3. The van der Waals surface area contributed by atoms with Crippen molar-refractivity contribution in [3.63, 3.8) is 0 Å². The fourth-order valence-corrected chi connectivity index (χ4v) is 2.74. The Morgan fingerprint density at radius 1 is 1.04 bits per heavy atom. The molecule has 0 spiro atoms. The molecule has 150 valence electrons. The van der Waals surface area contributed by atoms with E-state index in [0.29, 0.717) is 11.3 Å². The van der Waals surface area contributed by atoms with Crippen LogP contribution in [0.5, 0.6) is 5.75 Å². The van der Waals surface area contributed by atoms with Gasteiger partial charge in [0.2, 0.25) is 0 Å². The highest BCUT2D eigenvalue weighted by Gasteiger charge is 2.17. The SMILES string of the molecule is COC(=O)c1ccc(C)c(-c2ccc(OC)c(CNC(=O)OC(C)(C)C)c2)c1. The van der Waals surface area contributed by atoms with Gasteiger partial charge in [-0.15, -0.1) is 0 Å². The van der Waals surface area contributed by atoms with Crippen LogP contribution >= 0.6 is 0 Å². The van der Waals surface area contributed by atoms with E-state index in [1.807, 2.05) is 52.0 Å². The third-order valence-electron chi connectivity index (χ3n) is 4.07. The number of carbonyl (C=O) groups is 2. The average Bonchev–Trinajstić information content (AvgIpc) is 2.64. The Labute approximate surface area is 165 Å². The van der Waals surface area contributed by atoms with Gasteiger partial charge in [-0.05, 0) is 68.7 Å². The van der Waals surface area contributed by atoms with E-state index in [4.69, 9.17) is 14.2 Å². The number of amides is 1. The van der Waals surface area contributed by atoms with E-state index < -0.39 is 11.7 Å². The molecule has 0 saturated carbocycles. The van der Waals surface area contributed by atoms with E-state index in [2.05, 4.69) is 5.32 Å². The van der Waals surface area contributed by atoms with Gasteiger partial charge in [0.1, 0.15) is 11.4 Å². The number of hydrogen-bond acceptors (Lipinski definition) is 5. The molecule has 6 nitrogen and oxygen atoms in total. The van der Waals surface area contributed by atoms with Crippen molar-refractivity contribution in [2.75, 3.05) is 14.2 Å². The van der Waals surface area contributed by atoms with Gasteiger partial charge in [-0.25, -0.2) is 9.59 Å². The quantitative estimate of drug-likeness (QED) is 0.768. The van der Waals surface area contributed by atoms with Crippen LogP contribution in [0.4, 0.5) is 4.79 Å². The fraction of sp³-hybridized carbons (Fsp3) is 0.364. The van der Waals surface area contributed by atoms with E-state index in [-0.39, 0.29) is 12.5 Å². The standard InChI is InChI=1S/C22H27NO5/c1-14-7-8-16(20(24)27-6)12-18(14)15-9-10-19(26-5)17(11-15)13-23-21(25)28-22(2,3)4/h7-12H,13H2,1-6H3,(H,23,25). The molecule has 2 aromatic carbocycles. The number of aryl methyl sites for hydroxylation is 1. The third kappa shape index (κ3) is 5.49. The van der Waals surface area contributed by atoms with Crippen LogP contribution in [0.2, 0.25) is 0 Å². The van der Waals surface area contributed by atoms with Crippen molar-refractivity contribution in [3.05, 3.63) is 53.1 Å². The molecule has 0 atom stereocenters. The topological polar surface area (TPSA) is 73.9 Å². The molecule has 1 N–H and O–H groups in total. The highest BCUT2D eigenvalue weighted by molar-refractivity contribution is 5.91. The molecule has 2 aromatic rings. The zero-order chi connectivity index (χ0) is 20.9. The number of nitrogens with one attached hydrogen (secondary N) is 1. The monoisotopic (exact) mass is 385 g/mol. The highest BCUT2D eigenvalue weighted by Crippen LogP contribution is 2.30. The summed E-state index contributed by atoms with van der Waals surface area (Å²) in [7, 11) is 2.94. The van der Waals surface area contributed by atoms with Crippen molar-refractivity contribution in [1.82, 2.24) is 5.32 Å². The summed E-state index contributed by atoms with van der Waals surface area (Å²) >= 11 is 0. The Morgan fingerprint density at radius 3 is 2.36 bits per heavy atom. The second-order valence-corrected chi connectivity index (χ2v) is 7.40. The van der Waals surface area contributed by atoms with Gasteiger partial charge in [0.15, 0.2) is 0 Å². The number of benzene rings is 2. The molecule has 0 aliphatic carbocycles. The Hall–Kier alpha value is -3.02. The average molecular weight is 385 g/mol. The van der Waals surface area contributed by atoms with Crippen LogP contribution in [-0.4, -0.2) is 31.9 Å². The number of rotatable bonds is 5. The second-order valence-electron chi connectivity index (χ2n) is 7.40. The van der Waals surface area contributed by atoms with E-state index in [0.717, 1.165) is 22.3 Å². The highest BCUT2D eigenvalue weighted by atomic mass is 16.6. The molecule has 0 bridgehead atoms. The molecular formula is C22H27NO5. The molecule has 0 aliphatic rings. The molecule has 6 heteroatoms. The zero-order valence-electron chi connectivity index (χ0n) is 17.2. The molecule has 28 heavy (non-hydrogen) atoms. The lowest BCUT2D eigenvalue weighted by Gasteiger charge is -2.20. The first-order chi connectivity index (χ1) is 13.1. The van der Waals surface area contributed by atoms with E-state index >= 15 is 0 Å². The maximum atomic E-state index is 12.0. The lowest BCUT2D eigenvalue weighted by molar-refractivity contribution is 0.0522. The number of methoxy groups -OCH3 is 2. The third-order valence-corrected chi connectivity index (χ3v) is 4.07. The van der Waals surface area contributed by atoms with Crippen molar-refractivity contribution < 1.29 is 23.8 Å². The van der Waals surface area contributed by atoms with Crippen molar-refractivity contribution in [2.24, 2.45) is 0 Å².